The maximum atomic E-state index is 12.3. The van der Waals surface area contributed by atoms with Crippen molar-refractivity contribution in [2.75, 3.05) is 6.54 Å². The minimum Gasteiger partial charge on any atom is -0.481 e. The monoisotopic (exact) mass is 564 g/mol. The first-order valence-electron chi connectivity index (χ1n) is 10.7. The van der Waals surface area contributed by atoms with Crippen molar-refractivity contribution in [3.63, 3.8) is 0 Å². The molecule has 0 aliphatic carbocycles. The molecule has 0 saturated carbocycles. The number of alkyl halides is 3. The first kappa shape index (κ1) is 34.1. The molecule has 1 aromatic carbocycles. The topological polar surface area (TPSA) is 264 Å². The number of carbonyl (C=O) groups excluding carboxylic acids is 3. The van der Waals surface area contributed by atoms with Gasteiger partial charge >= 0.3 is 24.1 Å². The van der Waals surface area contributed by atoms with E-state index in [1.165, 1.54) is 18.2 Å². The van der Waals surface area contributed by atoms with Crippen LogP contribution in [-0.2, 0) is 24.0 Å². The number of nitrogens with one attached hydrogen (secondary N) is 3. The van der Waals surface area contributed by atoms with E-state index in [2.05, 4.69) is 20.9 Å². The summed E-state index contributed by atoms with van der Waals surface area (Å²) in [6.07, 6.45) is -5.86. The number of aliphatic carboxylic acids is 3. The predicted molar refractivity (Wildman–Crippen MR) is 127 cm³/mol. The standard InChI is InChI=1S/C19H26N6O7.C2HF3O2/c1-9(2)15(18(31)32)25-17(30)12(7-14(27)28)24-13(26)8-22-16(29)10-4-3-5-11(6-10)23-19(20)21;3-2(4,5)1(6)7/h3-6,9,12,15H,7-8H2,1-2H3,(H,22,29)(H,24,26)(H,25,30)(H,27,28)(H,31,32)(H4,20,21,23);(H,6,7)/t12-,15-;/m0./s1. The summed E-state index contributed by atoms with van der Waals surface area (Å²) >= 11 is 0. The number of rotatable bonds is 11. The van der Waals surface area contributed by atoms with Gasteiger partial charge in [0.25, 0.3) is 5.91 Å². The molecule has 10 N–H and O–H groups in total. The lowest BCUT2D eigenvalue weighted by molar-refractivity contribution is -0.192. The lowest BCUT2D eigenvalue weighted by Crippen LogP contribution is -2.54. The molecule has 15 nitrogen and oxygen atoms in total. The van der Waals surface area contributed by atoms with E-state index in [0.29, 0.717) is 5.69 Å². The molecule has 18 heteroatoms. The van der Waals surface area contributed by atoms with Crippen LogP contribution in [0.1, 0.15) is 30.6 Å². The van der Waals surface area contributed by atoms with E-state index in [-0.39, 0.29) is 11.5 Å². The maximum absolute atomic E-state index is 12.3. The minimum atomic E-state index is -5.08. The largest absolute Gasteiger partial charge is 0.490 e. The highest BCUT2D eigenvalue weighted by Gasteiger charge is 2.38. The van der Waals surface area contributed by atoms with Crippen LogP contribution in [0.4, 0.5) is 18.9 Å². The van der Waals surface area contributed by atoms with E-state index in [1.54, 1.807) is 19.9 Å². The summed E-state index contributed by atoms with van der Waals surface area (Å²) in [4.78, 5) is 71.8. The van der Waals surface area contributed by atoms with Crippen molar-refractivity contribution in [2.45, 2.75) is 38.5 Å². The molecule has 0 unspecified atom stereocenters. The van der Waals surface area contributed by atoms with E-state index >= 15 is 0 Å². The summed E-state index contributed by atoms with van der Waals surface area (Å²) in [6, 6.07) is 3.11. The van der Waals surface area contributed by atoms with Gasteiger partial charge in [0.1, 0.15) is 12.1 Å². The smallest absolute Gasteiger partial charge is 0.481 e. The second kappa shape index (κ2) is 15.4. The molecule has 0 aromatic heterocycles. The van der Waals surface area contributed by atoms with Crippen molar-refractivity contribution in [1.29, 1.82) is 0 Å². The number of nitrogens with two attached hydrogens (primary N) is 2. The number of hydrogen-bond acceptors (Lipinski definition) is 7. The summed E-state index contributed by atoms with van der Waals surface area (Å²) in [7, 11) is 0. The molecule has 0 spiro atoms. The highest BCUT2D eigenvalue weighted by molar-refractivity contribution is 5.98. The van der Waals surface area contributed by atoms with Crippen molar-refractivity contribution in [2.24, 2.45) is 22.4 Å². The zero-order valence-electron chi connectivity index (χ0n) is 20.5. The molecule has 216 valence electrons. The molecular weight excluding hydrogens is 537 g/mol. The predicted octanol–water partition coefficient (Wildman–Crippen LogP) is -0.860. The molecule has 0 radical (unpaired) electrons. The van der Waals surface area contributed by atoms with Crippen molar-refractivity contribution < 1.29 is 57.3 Å². The second-order valence-corrected chi connectivity index (χ2v) is 7.86. The zero-order chi connectivity index (χ0) is 30.5. The Morgan fingerprint density at radius 2 is 1.56 bits per heavy atom. The fourth-order valence-electron chi connectivity index (χ4n) is 2.53. The van der Waals surface area contributed by atoms with Gasteiger partial charge in [-0.25, -0.2) is 14.6 Å². The number of nitrogens with zero attached hydrogens (tertiary/aromatic N) is 1. The Bertz CT molecular complexity index is 1100. The van der Waals surface area contributed by atoms with E-state index < -0.39 is 72.8 Å². The number of carboxylic acid groups (broad SMARTS) is 3. The number of carboxylic acids is 3. The van der Waals surface area contributed by atoms with Crippen LogP contribution >= 0.6 is 0 Å². The maximum Gasteiger partial charge on any atom is 0.490 e. The van der Waals surface area contributed by atoms with Gasteiger partial charge in [0.15, 0.2) is 5.96 Å². The Kier molecular flexibility index (Phi) is 13.4. The van der Waals surface area contributed by atoms with E-state index in [4.69, 9.17) is 26.5 Å². The third-order valence-corrected chi connectivity index (χ3v) is 4.28. The molecule has 0 fully saturated rings. The van der Waals surface area contributed by atoms with Gasteiger partial charge in [0, 0.05) is 5.56 Å². The van der Waals surface area contributed by atoms with Gasteiger partial charge in [-0.2, -0.15) is 13.2 Å². The van der Waals surface area contributed by atoms with Crippen LogP contribution in [0.25, 0.3) is 0 Å². The van der Waals surface area contributed by atoms with Crippen LogP contribution in [-0.4, -0.2) is 81.7 Å². The molecule has 0 aliphatic rings. The van der Waals surface area contributed by atoms with E-state index in [0.717, 1.165) is 0 Å². The van der Waals surface area contributed by atoms with Crippen molar-refractivity contribution in [3.8, 4) is 0 Å². The summed E-state index contributed by atoms with van der Waals surface area (Å²) in [5.74, 6) is -8.59. The highest BCUT2D eigenvalue weighted by Crippen LogP contribution is 2.14. The number of benzene rings is 1. The first-order chi connectivity index (χ1) is 17.8. The van der Waals surface area contributed by atoms with E-state index in [9.17, 15) is 42.3 Å². The Hall–Kier alpha value is -4.90. The van der Waals surface area contributed by atoms with Crippen LogP contribution in [0.15, 0.2) is 29.3 Å². The number of hydrogen-bond donors (Lipinski definition) is 8. The Morgan fingerprint density at radius 1 is 1.00 bits per heavy atom. The highest BCUT2D eigenvalue weighted by atomic mass is 19.4. The van der Waals surface area contributed by atoms with Gasteiger partial charge in [-0.3, -0.25) is 19.2 Å². The number of guanidine groups is 1. The van der Waals surface area contributed by atoms with Gasteiger partial charge in [-0.05, 0) is 24.1 Å². The summed E-state index contributed by atoms with van der Waals surface area (Å²) in [5, 5.41) is 32.0. The third-order valence-electron chi connectivity index (χ3n) is 4.28. The number of halogens is 3. The normalized spacial score (nSPS) is 12.1. The fraction of sp³-hybridized carbons (Fsp3) is 0.381. The second-order valence-electron chi connectivity index (χ2n) is 7.86. The van der Waals surface area contributed by atoms with E-state index in [1.807, 2.05) is 0 Å². The fourth-order valence-corrected chi connectivity index (χ4v) is 2.53. The first-order valence-corrected chi connectivity index (χ1v) is 10.7. The lowest BCUT2D eigenvalue weighted by Gasteiger charge is -2.22. The van der Waals surface area contributed by atoms with Gasteiger partial charge in [-0.1, -0.05) is 19.9 Å². The van der Waals surface area contributed by atoms with Gasteiger partial charge < -0.3 is 42.7 Å². The third kappa shape index (κ3) is 13.8. The SMILES string of the molecule is CC(C)[C@H](NC(=O)[C@H](CC(=O)O)NC(=O)CNC(=O)c1cccc(N=C(N)N)c1)C(=O)O.O=C(O)C(F)(F)F. The molecule has 2 atom stereocenters. The van der Waals surface area contributed by atoms with Gasteiger partial charge in [0.05, 0.1) is 18.7 Å². The number of carbonyl (C=O) groups is 6. The average molecular weight is 564 g/mol. The van der Waals surface area contributed by atoms with Crippen LogP contribution in [0, 0.1) is 5.92 Å². The number of aliphatic imine (C=N–C) groups is 1. The minimum absolute atomic E-state index is 0.154. The van der Waals surface area contributed by atoms with Crippen molar-refractivity contribution in [3.05, 3.63) is 29.8 Å². The van der Waals surface area contributed by atoms with Crippen LogP contribution < -0.4 is 27.4 Å². The number of amides is 3. The molecule has 3 amide bonds. The van der Waals surface area contributed by atoms with Crippen LogP contribution in [0.2, 0.25) is 0 Å². The molecule has 39 heavy (non-hydrogen) atoms. The van der Waals surface area contributed by atoms with Crippen molar-refractivity contribution >= 4 is 47.3 Å². The zero-order valence-corrected chi connectivity index (χ0v) is 20.5. The van der Waals surface area contributed by atoms with Crippen LogP contribution in [0.5, 0.6) is 0 Å². The molecule has 0 aliphatic heterocycles. The van der Waals surface area contributed by atoms with Crippen LogP contribution in [0.3, 0.4) is 0 Å². The van der Waals surface area contributed by atoms with Gasteiger partial charge in [0.2, 0.25) is 11.8 Å². The molecular formula is C21H27F3N6O9. The molecule has 0 bridgehead atoms. The Labute approximate surface area is 218 Å². The lowest BCUT2D eigenvalue weighted by atomic mass is 10.0. The molecule has 0 saturated heterocycles. The molecule has 0 heterocycles. The Morgan fingerprint density at radius 3 is 2.00 bits per heavy atom. The molecule has 1 aromatic rings. The quantitative estimate of drug-likeness (QED) is 0.121. The summed E-state index contributed by atoms with van der Waals surface area (Å²) in [5.41, 5.74) is 11.0. The summed E-state index contributed by atoms with van der Waals surface area (Å²) in [6.45, 7) is 2.55. The molecule has 1 rings (SSSR count). The summed E-state index contributed by atoms with van der Waals surface area (Å²) < 4.78 is 31.7. The Balaban J connectivity index is 0.00000181. The van der Waals surface area contributed by atoms with Gasteiger partial charge in [-0.15, -0.1) is 0 Å². The van der Waals surface area contributed by atoms with Crippen molar-refractivity contribution in [1.82, 2.24) is 16.0 Å². The average Bonchev–Trinajstić information content (AvgIpc) is 2.79.